The van der Waals surface area contributed by atoms with Crippen molar-refractivity contribution in [1.82, 2.24) is 5.20 Å². The molecule has 0 aliphatic heterocycles. The van der Waals surface area contributed by atoms with Crippen LogP contribution in [0.2, 0.25) is 0 Å². The smallest absolute Gasteiger partial charge is 0.303 e. The van der Waals surface area contributed by atoms with Crippen LogP contribution in [0.1, 0.15) is 46.5 Å². The topological polar surface area (TPSA) is 42.8 Å². The van der Waals surface area contributed by atoms with Crippen LogP contribution in [0.4, 0.5) is 0 Å². The third-order valence-electron chi connectivity index (χ3n) is 2.68. The maximum atomic E-state index is 5.47. The minimum atomic E-state index is -2.41. The Morgan fingerprint density at radius 2 is 2.06 bits per heavy atom. The first-order valence-corrected chi connectivity index (χ1v) is 8.95. The molecule has 0 aromatic rings. The van der Waals surface area contributed by atoms with E-state index in [0.29, 0.717) is 13.2 Å². The number of hydrogen-bond acceptors (Lipinski definition) is 4. The molecule has 4 nitrogen and oxygen atoms in total. The van der Waals surface area contributed by atoms with Crippen molar-refractivity contribution in [2.45, 2.75) is 46.5 Å². The molecular formula is C11H23N2O2PS. The highest BCUT2D eigenvalue weighted by molar-refractivity contribution is 8.08. The van der Waals surface area contributed by atoms with E-state index in [0.717, 1.165) is 18.8 Å². The summed E-state index contributed by atoms with van der Waals surface area (Å²) in [6.07, 6.45) is 4.63. The zero-order valence-electron chi connectivity index (χ0n) is 10.9. The predicted molar refractivity (Wildman–Crippen MR) is 75.7 cm³/mol. The molecule has 1 rings (SSSR count). The van der Waals surface area contributed by atoms with E-state index in [-0.39, 0.29) is 0 Å². The normalized spacial score (nSPS) is 23.9. The molecule has 0 aromatic heterocycles. The summed E-state index contributed by atoms with van der Waals surface area (Å²) >= 11 is 5.35. The Bertz CT molecular complexity index is 300. The average molecular weight is 278 g/mol. The third kappa shape index (κ3) is 5.47. The number of nitrogens with one attached hydrogen (secondary N) is 1. The van der Waals surface area contributed by atoms with Gasteiger partial charge in [0.15, 0.2) is 0 Å². The van der Waals surface area contributed by atoms with E-state index in [1.165, 1.54) is 18.6 Å². The van der Waals surface area contributed by atoms with Gasteiger partial charge in [0.1, 0.15) is 0 Å². The Morgan fingerprint density at radius 3 is 2.59 bits per heavy atom. The van der Waals surface area contributed by atoms with Gasteiger partial charge in [0, 0.05) is 5.71 Å². The highest BCUT2D eigenvalue weighted by Gasteiger charge is 2.19. The van der Waals surface area contributed by atoms with E-state index in [9.17, 15) is 0 Å². The third-order valence-corrected chi connectivity index (χ3v) is 5.09. The first-order chi connectivity index (χ1) is 8.09. The van der Waals surface area contributed by atoms with Crippen molar-refractivity contribution < 1.29 is 9.05 Å². The van der Waals surface area contributed by atoms with Gasteiger partial charge in [0.05, 0.1) is 13.2 Å². The van der Waals surface area contributed by atoms with Crippen LogP contribution in [0.3, 0.4) is 0 Å². The van der Waals surface area contributed by atoms with Crippen molar-refractivity contribution in [3.05, 3.63) is 0 Å². The molecule has 1 N–H and O–H groups in total. The fourth-order valence-electron chi connectivity index (χ4n) is 1.93. The second-order valence-corrected chi connectivity index (χ2v) is 7.47. The van der Waals surface area contributed by atoms with Gasteiger partial charge in [-0.2, -0.15) is 5.10 Å². The van der Waals surface area contributed by atoms with Crippen LogP contribution in [0.5, 0.6) is 0 Å². The zero-order chi connectivity index (χ0) is 12.7. The maximum absolute atomic E-state index is 5.47. The molecule has 0 aromatic carbocycles. The lowest BCUT2D eigenvalue weighted by molar-refractivity contribution is 0.259. The molecule has 6 heteroatoms. The molecule has 0 heterocycles. The van der Waals surface area contributed by atoms with Gasteiger partial charge < -0.3 is 9.05 Å². The quantitative estimate of drug-likeness (QED) is 0.597. The summed E-state index contributed by atoms with van der Waals surface area (Å²) in [5, 5.41) is 7.36. The summed E-state index contributed by atoms with van der Waals surface area (Å²) < 4.78 is 10.9. The van der Waals surface area contributed by atoms with Gasteiger partial charge in [-0.05, 0) is 57.3 Å². The molecule has 1 unspecified atom stereocenters. The van der Waals surface area contributed by atoms with Gasteiger partial charge in [-0.25, -0.2) is 5.20 Å². The maximum Gasteiger partial charge on any atom is 0.303 e. The molecule has 0 saturated heterocycles. The summed E-state index contributed by atoms with van der Waals surface area (Å²) in [5.74, 6) is 0.723. The van der Waals surface area contributed by atoms with Crippen LogP contribution in [0.25, 0.3) is 0 Å². The van der Waals surface area contributed by atoms with E-state index in [1.54, 1.807) is 0 Å². The Hall–Kier alpha value is 0.0400. The number of hydrogen-bond donors (Lipinski definition) is 1. The predicted octanol–water partition coefficient (Wildman–Crippen LogP) is 3.44. The van der Waals surface area contributed by atoms with Gasteiger partial charge in [0.25, 0.3) is 0 Å². The monoisotopic (exact) mass is 278 g/mol. The second-order valence-electron chi connectivity index (χ2n) is 4.31. The molecule has 1 atom stereocenters. The SMILES string of the molecule is CCOP(=S)(N/N=C1\CCCC(C)C1)OCC. The molecule has 0 amide bonds. The summed E-state index contributed by atoms with van der Waals surface area (Å²) in [5.41, 5.74) is 1.19. The van der Waals surface area contributed by atoms with Crippen LogP contribution in [-0.4, -0.2) is 18.9 Å². The summed E-state index contributed by atoms with van der Waals surface area (Å²) in [7, 11) is 0. The average Bonchev–Trinajstić information content (AvgIpc) is 2.27. The minimum Gasteiger partial charge on any atom is -0.313 e. The fourth-order valence-corrected chi connectivity index (χ4v) is 3.82. The molecule has 0 spiro atoms. The van der Waals surface area contributed by atoms with Crippen LogP contribution in [-0.2, 0) is 20.9 Å². The van der Waals surface area contributed by atoms with E-state index < -0.39 is 6.64 Å². The molecule has 1 fully saturated rings. The lowest BCUT2D eigenvalue weighted by Crippen LogP contribution is -2.17. The van der Waals surface area contributed by atoms with Crippen LogP contribution in [0, 0.1) is 5.92 Å². The zero-order valence-corrected chi connectivity index (χ0v) is 12.7. The highest BCUT2D eigenvalue weighted by atomic mass is 32.5. The van der Waals surface area contributed by atoms with Gasteiger partial charge in [0.2, 0.25) is 0 Å². The Morgan fingerprint density at radius 1 is 1.41 bits per heavy atom. The molecule has 100 valence electrons. The second kappa shape index (κ2) is 7.47. The molecule has 0 bridgehead atoms. The van der Waals surface area contributed by atoms with Gasteiger partial charge in [-0.15, -0.1) is 0 Å². The highest BCUT2D eigenvalue weighted by Crippen LogP contribution is 2.43. The van der Waals surface area contributed by atoms with E-state index in [4.69, 9.17) is 20.9 Å². The standard InChI is InChI=1S/C11H23N2O2PS/c1-4-14-16(17,15-5-2)13-12-11-8-6-7-10(3)9-11/h10H,4-9H2,1-3H3,(H,13,17)/b12-11+. The largest absolute Gasteiger partial charge is 0.313 e. The lowest BCUT2D eigenvalue weighted by Gasteiger charge is -2.23. The minimum absolute atomic E-state index is 0.547. The van der Waals surface area contributed by atoms with Crippen LogP contribution >= 0.6 is 6.64 Å². The molecular weight excluding hydrogens is 255 g/mol. The van der Waals surface area contributed by atoms with Gasteiger partial charge in [-0.1, -0.05) is 6.92 Å². The van der Waals surface area contributed by atoms with Gasteiger partial charge in [-0.3, -0.25) is 0 Å². The Kier molecular flexibility index (Phi) is 6.63. The molecule has 0 radical (unpaired) electrons. The first kappa shape index (κ1) is 15.1. The van der Waals surface area contributed by atoms with E-state index in [1.807, 2.05) is 13.8 Å². The number of nitrogens with zero attached hydrogens (tertiary/aromatic N) is 1. The van der Waals surface area contributed by atoms with E-state index in [2.05, 4.69) is 17.2 Å². The fraction of sp³-hybridized carbons (Fsp3) is 0.909. The number of rotatable bonds is 6. The van der Waals surface area contributed by atoms with Crippen LogP contribution < -0.4 is 5.20 Å². The summed E-state index contributed by atoms with van der Waals surface area (Å²) in [4.78, 5) is 0. The summed E-state index contributed by atoms with van der Waals surface area (Å²) in [6, 6.07) is 0. The first-order valence-electron chi connectivity index (χ1n) is 6.31. The lowest BCUT2D eigenvalue weighted by atomic mass is 9.89. The molecule has 1 aliphatic carbocycles. The molecule has 17 heavy (non-hydrogen) atoms. The number of hydrazone groups is 1. The van der Waals surface area contributed by atoms with Crippen molar-refractivity contribution in [1.29, 1.82) is 0 Å². The molecule has 1 aliphatic rings. The van der Waals surface area contributed by atoms with Crippen LogP contribution in [0.15, 0.2) is 5.10 Å². The van der Waals surface area contributed by atoms with Crippen molar-refractivity contribution in [3.8, 4) is 0 Å². The summed E-state index contributed by atoms with van der Waals surface area (Å²) in [6.45, 7) is 4.77. The Labute approximate surface area is 109 Å². The molecule has 1 saturated carbocycles. The van der Waals surface area contributed by atoms with Crippen molar-refractivity contribution >= 4 is 24.2 Å². The van der Waals surface area contributed by atoms with Gasteiger partial charge >= 0.3 is 6.64 Å². The van der Waals surface area contributed by atoms with Crippen molar-refractivity contribution in [2.75, 3.05) is 13.2 Å². The van der Waals surface area contributed by atoms with E-state index >= 15 is 0 Å². The van der Waals surface area contributed by atoms with Crippen molar-refractivity contribution in [2.24, 2.45) is 11.0 Å². The van der Waals surface area contributed by atoms with Crippen molar-refractivity contribution in [3.63, 3.8) is 0 Å². The Balaban J connectivity index is 2.55.